The van der Waals surface area contributed by atoms with Crippen LogP contribution in [0.1, 0.15) is 12.0 Å². The van der Waals surface area contributed by atoms with Crippen molar-refractivity contribution in [1.29, 1.82) is 0 Å². The number of carbonyl (C=O) groups is 2. The Morgan fingerprint density at radius 2 is 1.90 bits per heavy atom. The molecule has 2 aromatic rings. The zero-order valence-corrected chi connectivity index (χ0v) is 18.5. The minimum atomic E-state index is -0.155. The van der Waals surface area contributed by atoms with Crippen LogP contribution in [0.5, 0.6) is 17.2 Å². The van der Waals surface area contributed by atoms with Crippen molar-refractivity contribution in [3.05, 3.63) is 40.9 Å². The predicted octanol–water partition coefficient (Wildman–Crippen LogP) is 2.87. The Balaban J connectivity index is 1.64. The number of hydrogen-bond donors (Lipinski definition) is 2. The molecular formula is C22H26ClN3O5. The maximum atomic E-state index is 12.5. The number of aryl methyl sites for hydroxylation is 1. The van der Waals surface area contributed by atoms with Crippen LogP contribution in [-0.4, -0.2) is 52.8 Å². The van der Waals surface area contributed by atoms with E-state index in [0.717, 1.165) is 11.3 Å². The van der Waals surface area contributed by atoms with Gasteiger partial charge in [-0.3, -0.25) is 9.59 Å². The third kappa shape index (κ3) is 5.32. The summed E-state index contributed by atoms with van der Waals surface area (Å²) in [5.74, 6) is 1.42. The number of benzene rings is 2. The molecule has 0 atom stereocenters. The monoisotopic (exact) mass is 447 g/mol. The fourth-order valence-electron chi connectivity index (χ4n) is 3.52. The zero-order valence-electron chi connectivity index (χ0n) is 17.8. The second kappa shape index (κ2) is 10.3. The van der Waals surface area contributed by atoms with Gasteiger partial charge in [0.1, 0.15) is 0 Å². The van der Waals surface area contributed by atoms with Crippen molar-refractivity contribution in [3.8, 4) is 17.2 Å². The number of hydrogen-bond acceptors (Lipinski definition) is 6. The van der Waals surface area contributed by atoms with Gasteiger partial charge in [-0.2, -0.15) is 0 Å². The van der Waals surface area contributed by atoms with Gasteiger partial charge in [0.2, 0.25) is 17.6 Å². The molecule has 1 heterocycles. The second-order valence-corrected chi connectivity index (χ2v) is 7.39. The second-order valence-electron chi connectivity index (χ2n) is 6.98. The van der Waals surface area contributed by atoms with Crippen LogP contribution in [0, 0.1) is 0 Å². The minimum absolute atomic E-state index is 0.0368. The summed E-state index contributed by atoms with van der Waals surface area (Å²) in [5, 5.41) is 6.13. The first kappa shape index (κ1) is 22.6. The Bertz CT molecular complexity index is 966. The van der Waals surface area contributed by atoms with Crippen molar-refractivity contribution >= 4 is 34.8 Å². The minimum Gasteiger partial charge on any atom is -0.493 e. The van der Waals surface area contributed by atoms with E-state index in [1.54, 1.807) is 39.5 Å². The summed E-state index contributed by atoms with van der Waals surface area (Å²) in [6, 6.07) is 8.93. The van der Waals surface area contributed by atoms with Crippen molar-refractivity contribution in [2.75, 3.05) is 51.2 Å². The van der Waals surface area contributed by atoms with Crippen molar-refractivity contribution in [3.63, 3.8) is 0 Å². The van der Waals surface area contributed by atoms with E-state index in [-0.39, 0.29) is 24.8 Å². The van der Waals surface area contributed by atoms with E-state index < -0.39 is 0 Å². The summed E-state index contributed by atoms with van der Waals surface area (Å²) < 4.78 is 16.1. The molecule has 2 amide bonds. The Hall–Kier alpha value is -3.13. The first-order valence-electron chi connectivity index (χ1n) is 9.85. The van der Waals surface area contributed by atoms with Crippen LogP contribution in [-0.2, 0) is 16.0 Å². The van der Waals surface area contributed by atoms with Crippen LogP contribution >= 0.6 is 11.6 Å². The van der Waals surface area contributed by atoms with Gasteiger partial charge in [-0.25, -0.2) is 0 Å². The van der Waals surface area contributed by atoms with E-state index >= 15 is 0 Å². The molecule has 2 aromatic carbocycles. The van der Waals surface area contributed by atoms with Gasteiger partial charge in [0, 0.05) is 25.2 Å². The number of nitrogens with zero attached hydrogens (tertiary/aromatic N) is 1. The average Bonchev–Trinajstić information content (AvgIpc) is 2.76. The number of carbonyl (C=O) groups excluding carboxylic acids is 2. The molecule has 9 heteroatoms. The normalized spacial score (nSPS) is 13.4. The molecule has 1 fully saturated rings. The number of ether oxygens (including phenoxy) is 3. The number of rotatable bonds is 8. The first-order chi connectivity index (χ1) is 15.0. The molecule has 1 aliphatic heterocycles. The van der Waals surface area contributed by atoms with Crippen LogP contribution in [0.25, 0.3) is 0 Å². The summed E-state index contributed by atoms with van der Waals surface area (Å²) in [6.45, 7) is 1.52. The highest BCUT2D eigenvalue weighted by Crippen LogP contribution is 2.40. The Morgan fingerprint density at radius 3 is 2.55 bits per heavy atom. The van der Waals surface area contributed by atoms with Gasteiger partial charge in [-0.15, -0.1) is 0 Å². The van der Waals surface area contributed by atoms with E-state index in [0.29, 0.717) is 47.5 Å². The summed E-state index contributed by atoms with van der Waals surface area (Å²) in [7, 11) is 4.65. The van der Waals surface area contributed by atoms with Crippen molar-refractivity contribution in [2.24, 2.45) is 0 Å². The van der Waals surface area contributed by atoms with Crippen molar-refractivity contribution in [1.82, 2.24) is 5.32 Å². The lowest BCUT2D eigenvalue weighted by Gasteiger charge is -2.29. The molecule has 8 nitrogen and oxygen atoms in total. The average molecular weight is 448 g/mol. The van der Waals surface area contributed by atoms with Crippen molar-refractivity contribution < 1.29 is 23.8 Å². The standard InChI is InChI=1S/C22H26ClN3O5/c1-29-18-8-4-14(21(30-2)22(18)31-3)5-9-19(27)25-15-6-7-17(16(23)12-15)26-11-10-24-20(28)13-26/h4,6-8,12H,5,9-11,13H2,1-3H3,(H,24,28)(H,25,27). The topological polar surface area (TPSA) is 89.1 Å². The molecule has 0 spiro atoms. The predicted molar refractivity (Wildman–Crippen MR) is 120 cm³/mol. The van der Waals surface area contributed by atoms with Gasteiger partial charge in [0.15, 0.2) is 11.5 Å². The van der Waals surface area contributed by atoms with E-state index in [2.05, 4.69) is 10.6 Å². The molecular weight excluding hydrogens is 422 g/mol. The Morgan fingerprint density at radius 1 is 1.13 bits per heavy atom. The number of halogens is 1. The summed E-state index contributed by atoms with van der Waals surface area (Å²) in [6.07, 6.45) is 0.710. The molecule has 0 radical (unpaired) electrons. The van der Waals surface area contributed by atoms with E-state index in [1.807, 2.05) is 17.0 Å². The Kier molecular flexibility index (Phi) is 7.46. The number of anilines is 2. The molecule has 0 bridgehead atoms. The molecule has 0 unspecified atom stereocenters. The van der Waals surface area contributed by atoms with Crippen LogP contribution in [0.3, 0.4) is 0 Å². The number of methoxy groups -OCH3 is 3. The van der Waals surface area contributed by atoms with Gasteiger partial charge in [0.25, 0.3) is 0 Å². The van der Waals surface area contributed by atoms with Gasteiger partial charge < -0.3 is 29.7 Å². The summed E-state index contributed by atoms with van der Waals surface area (Å²) in [4.78, 5) is 26.0. The Labute approximate surface area is 186 Å². The van der Waals surface area contributed by atoms with E-state index in [9.17, 15) is 9.59 Å². The molecule has 0 saturated carbocycles. The van der Waals surface area contributed by atoms with Gasteiger partial charge >= 0.3 is 0 Å². The third-order valence-corrected chi connectivity index (χ3v) is 5.32. The van der Waals surface area contributed by atoms with Gasteiger partial charge in [-0.1, -0.05) is 17.7 Å². The number of nitrogens with one attached hydrogen (secondary N) is 2. The molecule has 0 aromatic heterocycles. The van der Waals surface area contributed by atoms with Crippen LogP contribution in [0.4, 0.5) is 11.4 Å². The third-order valence-electron chi connectivity index (χ3n) is 5.02. The maximum absolute atomic E-state index is 12.5. The fourth-order valence-corrected chi connectivity index (χ4v) is 3.82. The van der Waals surface area contributed by atoms with Gasteiger partial charge in [-0.05, 0) is 36.2 Å². The molecule has 1 aliphatic rings. The van der Waals surface area contributed by atoms with Crippen molar-refractivity contribution in [2.45, 2.75) is 12.8 Å². The van der Waals surface area contributed by atoms with Gasteiger partial charge in [0.05, 0.1) is 38.6 Å². The quantitative estimate of drug-likeness (QED) is 0.646. The van der Waals surface area contributed by atoms with E-state index in [1.165, 1.54) is 0 Å². The molecule has 166 valence electrons. The highest BCUT2D eigenvalue weighted by atomic mass is 35.5. The molecule has 3 rings (SSSR count). The largest absolute Gasteiger partial charge is 0.493 e. The van der Waals surface area contributed by atoms with E-state index in [4.69, 9.17) is 25.8 Å². The zero-order chi connectivity index (χ0) is 22.4. The smallest absolute Gasteiger partial charge is 0.239 e. The fraction of sp³-hybridized carbons (Fsp3) is 0.364. The molecule has 31 heavy (non-hydrogen) atoms. The highest BCUT2D eigenvalue weighted by molar-refractivity contribution is 6.33. The first-order valence-corrected chi connectivity index (χ1v) is 10.2. The molecule has 1 saturated heterocycles. The lowest BCUT2D eigenvalue weighted by molar-refractivity contribution is -0.120. The summed E-state index contributed by atoms with van der Waals surface area (Å²) in [5.41, 5.74) is 2.20. The highest BCUT2D eigenvalue weighted by Gasteiger charge is 2.19. The summed E-state index contributed by atoms with van der Waals surface area (Å²) >= 11 is 6.40. The molecule has 0 aliphatic carbocycles. The number of piperazine rings is 1. The maximum Gasteiger partial charge on any atom is 0.239 e. The van der Waals surface area contributed by atoms with Crippen LogP contribution in [0.15, 0.2) is 30.3 Å². The lowest BCUT2D eigenvalue weighted by atomic mass is 10.1. The SMILES string of the molecule is COc1ccc(CCC(=O)Nc2ccc(N3CCNC(=O)C3)c(Cl)c2)c(OC)c1OC. The van der Waals surface area contributed by atoms with Crippen LogP contribution in [0.2, 0.25) is 5.02 Å². The molecule has 2 N–H and O–H groups in total. The number of amides is 2. The lowest BCUT2D eigenvalue weighted by Crippen LogP contribution is -2.47. The van der Waals surface area contributed by atoms with Crippen LogP contribution < -0.4 is 29.7 Å².